The molecule has 0 atom stereocenters. The second-order valence-electron chi connectivity index (χ2n) is 2.47. The molecule has 0 aliphatic heterocycles. The van der Waals surface area contributed by atoms with Crippen molar-refractivity contribution in [2.45, 2.75) is 26.3 Å². The van der Waals surface area contributed by atoms with Gasteiger partial charge in [0.25, 0.3) is 0 Å². The zero-order valence-corrected chi connectivity index (χ0v) is 9.32. The number of nitrogens with zero attached hydrogens (tertiary/aromatic N) is 1. The smallest absolute Gasteiger partial charge is 0.168 e. The van der Waals surface area contributed by atoms with Crippen molar-refractivity contribution >= 4 is 17.4 Å². The number of aromatic nitrogens is 1. The van der Waals surface area contributed by atoms with Gasteiger partial charge < -0.3 is 12.4 Å². The molecule has 1 aromatic heterocycles. The maximum atomic E-state index is 2.21. The lowest BCUT2D eigenvalue weighted by molar-refractivity contribution is -0.697. The van der Waals surface area contributed by atoms with Gasteiger partial charge in [-0.15, -0.1) is 0 Å². The Morgan fingerprint density at radius 2 is 1.67 bits per heavy atom. The Morgan fingerprint density at radius 3 is 2.17 bits per heavy atom. The van der Waals surface area contributed by atoms with Gasteiger partial charge in [-0.2, -0.15) is 0 Å². The summed E-state index contributed by atoms with van der Waals surface area (Å²) in [7, 11) is 0. The van der Waals surface area contributed by atoms with Crippen molar-refractivity contribution in [3.05, 3.63) is 30.6 Å². The molecule has 1 heterocycles. The van der Waals surface area contributed by atoms with Crippen LogP contribution in [0.2, 0.25) is 0 Å². The van der Waals surface area contributed by atoms with Crippen molar-refractivity contribution in [1.82, 2.24) is 0 Å². The van der Waals surface area contributed by atoms with E-state index >= 15 is 0 Å². The highest BCUT2D eigenvalue weighted by Crippen LogP contribution is 1.85. The lowest BCUT2D eigenvalue weighted by atomic mass is 10.3. The largest absolute Gasteiger partial charge is 1.00 e. The molecule has 65 valence electrons. The summed E-state index contributed by atoms with van der Waals surface area (Å²) < 4.78 is 2.21. The van der Waals surface area contributed by atoms with E-state index in [1.807, 2.05) is 6.07 Å². The molecule has 1 aromatic rings. The minimum Gasteiger partial charge on any atom is -1.00 e. The van der Waals surface area contributed by atoms with Crippen LogP contribution < -0.4 is 17.0 Å². The third-order valence-electron chi connectivity index (χ3n) is 1.55. The van der Waals surface area contributed by atoms with Crippen molar-refractivity contribution < 1.29 is 17.0 Å². The Hall–Kier alpha value is -0.0275. The van der Waals surface area contributed by atoms with E-state index in [9.17, 15) is 0 Å². The van der Waals surface area contributed by atoms with Gasteiger partial charge in [-0.3, -0.25) is 0 Å². The highest BCUT2D eigenvalue weighted by molar-refractivity contribution is 5.75. The molecule has 3 heteroatoms. The fourth-order valence-corrected chi connectivity index (χ4v) is 0.924. The molecule has 0 unspecified atom stereocenters. The molecule has 0 N–H and O–H groups in total. The second kappa shape index (κ2) is 9.06. The molecule has 0 bridgehead atoms. The Kier molecular flexibility index (Phi) is 10.9. The number of hydrogen-bond acceptors (Lipinski definition) is 0. The average molecular weight is 199 g/mol. The van der Waals surface area contributed by atoms with Crippen molar-refractivity contribution in [2.24, 2.45) is 0 Å². The molecule has 0 fully saturated rings. The number of halogens is 1. The second-order valence-corrected chi connectivity index (χ2v) is 2.47. The molecular formula is C9H14AlClN. The summed E-state index contributed by atoms with van der Waals surface area (Å²) in [6.07, 6.45) is 6.75. The summed E-state index contributed by atoms with van der Waals surface area (Å²) in [6, 6.07) is 6.17. The standard InChI is InChI=1S/C9H14N.Al.ClH/c1-2-3-7-10-8-5-4-6-9-10;;/h4-6,8-9H,2-3,7H2,1H3;;1H/q+1;;/p-1. The van der Waals surface area contributed by atoms with Crippen LogP contribution in [0.15, 0.2) is 30.6 Å². The molecule has 0 amide bonds. The fourth-order valence-electron chi connectivity index (χ4n) is 0.924. The van der Waals surface area contributed by atoms with Crippen LogP contribution in [0, 0.1) is 0 Å². The average Bonchev–Trinajstić information content (AvgIpc) is 2.03. The molecule has 12 heavy (non-hydrogen) atoms. The zero-order chi connectivity index (χ0) is 7.23. The minimum absolute atomic E-state index is 0. The van der Waals surface area contributed by atoms with Gasteiger partial charge in [0, 0.05) is 35.9 Å². The van der Waals surface area contributed by atoms with Crippen LogP contribution in [0.3, 0.4) is 0 Å². The molecule has 0 spiro atoms. The predicted octanol–water partition coefficient (Wildman–Crippen LogP) is -1.60. The molecule has 0 aromatic carbocycles. The van der Waals surface area contributed by atoms with Crippen molar-refractivity contribution in [1.29, 1.82) is 0 Å². The van der Waals surface area contributed by atoms with Crippen molar-refractivity contribution in [3.8, 4) is 0 Å². The first kappa shape index (κ1) is 14.5. The first-order chi connectivity index (χ1) is 4.93. The predicted molar refractivity (Wildman–Crippen MR) is 47.3 cm³/mol. The number of unbranched alkanes of at least 4 members (excludes halogenated alkanes) is 1. The van der Waals surface area contributed by atoms with Gasteiger partial charge >= 0.3 is 0 Å². The van der Waals surface area contributed by atoms with Crippen LogP contribution in [0.25, 0.3) is 0 Å². The lowest BCUT2D eigenvalue weighted by Crippen LogP contribution is -3.00. The normalized spacial score (nSPS) is 8.08. The molecule has 3 radical (unpaired) electrons. The number of hydrogen-bond donors (Lipinski definition) is 0. The molecular weight excluding hydrogens is 185 g/mol. The van der Waals surface area contributed by atoms with Gasteiger partial charge in [-0.25, -0.2) is 4.57 Å². The van der Waals surface area contributed by atoms with E-state index in [0.29, 0.717) is 0 Å². The summed E-state index contributed by atoms with van der Waals surface area (Å²) in [5.74, 6) is 0. The van der Waals surface area contributed by atoms with E-state index in [0.717, 1.165) is 6.54 Å². The molecule has 1 rings (SSSR count). The summed E-state index contributed by atoms with van der Waals surface area (Å²) in [5, 5.41) is 0. The van der Waals surface area contributed by atoms with Gasteiger partial charge in [0.15, 0.2) is 12.4 Å². The number of aryl methyl sites for hydroxylation is 1. The van der Waals surface area contributed by atoms with E-state index in [-0.39, 0.29) is 29.8 Å². The molecule has 0 saturated carbocycles. The van der Waals surface area contributed by atoms with Gasteiger partial charge in [0.2, 0.25) is 0 Å². The van der Waals surface area contributed by atoms with Crippen molar-refractivity contribution in [3.63, 3.8) is 0 Å². The molecule has 0 aliphatic carbocycles. The van der Waals surface area contributed by atoms with Crippen LogP contribution in [0.5, 0.6) is 0 Å². The number of rotatable bonds is 3. The zero-order valence-electron chi connectivity index (χ0n) is 7.41. The Morgan fingerprint density at radius 1 is 1.08 bits per heavy atom. The van der Waals surface area contributed by atoms with Crippen LogP contribution in [0.1, 0.15) is 19.8 Å². The van der Waals surface area contributed by atoms with Crippen LogP contribution >= 0.6 is 0 Å². The maximum absolute atomic E-state index is 2.21. The fraction of sp³-hybridized carbons (Fsp3) is 0.444. The first-order valence-electron chi connectivity index (χ1n) is 3.87. The summed E-state index contributed by atoms with van der Waals surface area (Å²) in [5.41, 5.74) is 0. The summed E-state index contributed by atoms with van der Waals surface area (Å²) in [4.78, 5) is 0. The Bertz CT molecular complexity index is 179. The van der Waals surface area contributed by atoms with Gasteiger partial charge in [-0.1, -0.05) is 19.4 Å². The van der Waals surface area contributed by atoms with E-state index in [1.165, 1.54) is 12.8 Å². The van der Waals surface area contributed by atoms with Crippen LogP contribution in [-0.4, -0.2) is 17.4 Å². The number of pyridine rings is 1. The van der Waals surface area contributed by atoms with Gasteiger partial charge in [-0.05, 0) is 0 Å². The minimum atomic E-state index is 0. The SMILES string of the molecule is CCCC[n+]1ccccc1.[Al].[Cl-]. The monoisotopic (exact) mass is 198 g/mol. The van der Waals surface area contributed by atoms with E-state index in [2.05, 4.69) is 36.0 Å². The van der Waals surface area contributed by atoms with Gasteiger partial charge in [0.1, 0.15) is 6.54 Å². The third kappa shape index (κ3) is 5.60. The van der Waals surface area contributed by atoms with E-state index in [1.54, 1.807) is 0 Å². The maximum Gasteiger partial charge on any atom is 0.168 e. The van der Waals surface area contributed by atoms with Gasteiger partial charge in [0.05, 0.1) is 0 Å². The highest BCUT2D eigenvalue weighted by Gasteiger charge is 1.93. The molecule has 0 saturated heterocycles. The molecule has 0 aliphatic rings. The van der Waals surface area contributed by atoms with Crippen molar-refractivity contribution in [2.75, 3.05) is 0 Å². The Labute approximate surface area is 91.3 Å². The quantitative estimate of drug-likeness (QED) is 0.407. The van der Waals surface area contributed by atoms with Crippen LogP contribution in [-0.2, 0) is 6.54 Å². The summed E-state index contributed by atoms with van der Waals surface area (Å²) in [6.45, 7) is 3.36. The summed E-state index contributed by atoms with van der Waals surface area (Å²) >= 11 is 0. The first-order valence-corrected chi connectivity index (χ1v) is 3.87. The van der Waals surface area contributed by atoms with E-state index < -0.39 is 0 Å². The highest BCUT2D eigenvalue weighted by atomic mass is 35.5. The topological polar surface area (TPSA) is 3.88 Å². The van der Waals surface area contributed by atoms with Crippen LogP contribution in [0.4, 0.5) is 0 Å². The third-order valence-corrected chi connectivity index (χ3v) is 1.55. The molecule has 1 nitrogen and oxygen atoms in total. The lowest BCUT2D eigenvalue weighted by Gasteiger charge is -1.91. The van der Waals surface area contributed by atoms with E-state index in [4.69, 9.17) is 0 Å². The Balaban J connectivity index is 0.